The molecule has 19 heavy (non-hydrogen) atoms. The summed E-state index contributed by atoms with van der Waals surface area (Å²) in [5, 5.41) is 0. The molecule has 0 radical (unpaired) electrons. The number of fused-ring (bicyclic) bond motifs is 1. The molecule has 108 valence electrons. The lowest BCUT2D eigenvalue weighted by Gasteiger charge is -2.38. The van der Waals surface area contributed by atoms with Gasteiger partial charge >= 0.3 is 0 Å². The molecule has 2 amide bonds. The van der Waals surface area contributed by atoms with Gasteiger partial charge in [-0.3, -0.25) is 14.5 Å². The van der Waals surface area contributed by atoms with Crippen LogP contribution in [-0.2, 0) is 9.59 Å². The largest absolute Gasteiger partial charge is 0.328 e. The van der Waals surface area contributed by atoms with E-state index in [0.717, 1.165) is 19.3 Å². The van der Waals surface area contributed by atoms with Gasteiger partial charge in [-0.2, -0.15) is 0 Å². The van der Waals surface area contributed by atoms with E-state index in [1.54, 1.807) is 0 Å². The van der Waals surface area contributed by atoms with Crippen molar-refractivity contribution >= 4 is 11.8 Å². The third-order valence-electron chi connectivity index (χ3n) is 4.70. The first-order valence-electron chi connectivity index (χ1n) is 7.38. The Bertz CT molecular complexity index is 370. The van der Waals surface area contributed by atoms with Gasteiger partial charge in [-0.15, -0.1) is 0 Å². The molecule has 3 atom stereocenters. The van der Waals surface area contributed by atoms with Crippen molar-refractivity contribution in [3.05, 3.63) is 0 Å². The molecule has 1 aliphatic carbocycles. The van der Waals surface area contributed by atoms with Crippen molar-refractivity contribution in [2.24, 2.45) is 29.4 Å². The second kappa shape index (κ2) is 4.89. The lowest BCUT2D eigenvalue weighted by atomic mass is 9.88. The van der Waals surface area contributed by atoms with E-state index in [1.807, 2.05) is 6.92 Å². The predicted molar refractivity (Wildman–Crippen MR) is 74.1 cm³/mol. The number of hydrogen-bond acceptors (Lipinski definition) is 3. The Hall–Kier alpha value is -0.900. The van der Waals surface area contributed by atoms with Crippen molar-refractivity contribution in [2.75, 3.05) is 6.54 Å². The number of imide groups is 1. The predicted octanol–water partition coefficient (Wildman–Crippen LogP) is 1.78. The molecule has 2 rings (SSSR count). The van der Waals surface area contributed by atoms with Gasteiger partial charge in [-0.1, -0.05) is 20.8 Å². The van der Waals surface area contributed by atoms with Crippen molar-refractivity contribution in [3.8, 4) is 0 Å². The fourth-order valence-electron chi connectivity index (χ4n) is 3.96. The van der Waals surface area contributed by atoms with Gasteiger partial charge in [0.25, 0.3) is 0 Å². The van der Waals surface area contributed by atoms with Gasteiger partial charge in [-0.05, 0) is 38.0 Å². The maximum Gasteiger partial charge on any atom is 0.233 e. The van der Waals surface area contributed by atoms with E-state index in [9.17, 15) is 9.59 Å². The highest BCUT2D eigenvalue weighted by Gasteiger charge is 2.56. The van der Waals surface area contributed by atoms with Crippen molar-refractivity contribution < 1.29 is 9.59 Å². The summed E-state index contributed by atoms with van der Waals surface area (Å²) in [4.78, 5) is 26.7. The monoisotopic (exact) mass is 266 g/mol. The van der Waals surface area contributed by atoms with E-state index in [1.165, 1.54) is 4.90 Å². The van der Waals surface area contributed by atoms with E-state index >= 15 is 0 Å². The number of hydrogen-bond donors (Lipinski definition) is 1. The van der Waals surface area contributed by atoms with E-state index < -0.39 is 5.54 Å². The highest BCUT2D eigenvalue weighted by atomic mass is 16.2. The van der Waals surface area contributed by atoms with Gasteiger partial charge in [0.1, 0.15) is 0 Å². The summed E-state index contributed by atoms with van der Waals surface area (Å²) in [6.45, 7) is 8.62. The first-order valence-corrected chi connectivity index (χ1v) is 7.38. The van der Waals surface area contributed by atoms with Crippen LogP contribution in [0.5, 0.6) is 0 Å². The zero-order chi connectivity index (χ0) is 14.4. The smallest absolute Gasteiger partial charge is 0.233 e. The molecular formula is C15H26N2O2. The van der Waals surface area contributed by atoms with Crippen molar-refractivity contribution in [1.29, 1.82) is 0 Å². The fourth-order valence-corrected chi connectivity index (χ4v) is 3.96. The summed E-state index contributed by atoms with van der Waals surface area (Å²) in [7, 11) is 0. The molecule has 0 aromatic heterocycles. The van der Waals surface area contributed by atoms with Crippen LogP contribution >= 0.6 is 0 Å². The molecule has 1 saturated heterocycles. The van der Waals surface area contributed by atoms with E-state index in [0.29, 0.717) is 18.4 Å². The molecule has 3 unspecified atom stereocenters. The van der Waals surface area contributed by atoms with Gasteiger partial charge in [0.05, 0.1) is 17.4 Å². The second-order valence-electron chi connectivity index (χ2n) is 7.10. The second-order valence-corrected chi connectivity index (χ2v) is 7.10. The van der Waals surface area contributed by atoms with Crippen LogP contribution in [0, 0.1) is 23.7 Å². The molecule has 0 bridgehead atoms. The lowest BCUT2D eigenvalue weighted by molar-refractivity contribution is -0.147. The van der Waals surface area contributed by atoms with Crippen molar-refractivity contribution in [2.45, 2.75) is 52.5 Å². The summed E-state index contributed by atoms with van der Waals surface area (Å²) in [6.07, 6.45) is 2.48. The number of carbonyl (C=O) groups excluding carboxylic acids is 2. The van der Waals surface area contributed by atoms with Crippen LogP contribution in [0.25, 0.3) is 0 Å². The summed E-state index contributed by atoms with van der Waals surface area (Å²) in [5.41, 5.74) is 5.37. The number of amides is 2. The molecule has 0 aromatic carbocycles. The Morgan fingerprint density at radius 1 is 1.26 bits per heavy atom. The van der Waals surface area contributed by atoms with Gasteiger partial charge in [0.15, 0.2) is 0 Å². The molecular weight excluding hydrogens is 240 g/mol. The molecule has 4 nitrogen and oxygen atoms in total. The molecule has 4 heteroatoms. The topological polar surface area (TPSA) is 63.4 Å². The number of carbonyl (C=O) groups is 2. The van der Waals surface area contributed by atoms with Crippen LogP contribution in [0.1, 0.15) is 47.0 Å². The minimum absolute atomic E-state index is 0.0213. The zero-order valence-corrected chi connectivity index (χ0v) is 12.5. The first kappa shape index (κ1) is 14.5. The van der Waals surface area contributed by atoms with Crippen LogP contribution in [0.2, 0.25) is 0 Å². The fraction of sp³-hybridized carbons (Fsp3) is 0.867. The molecule has 1 aliphatic heterocycles. The van der Waals surface area contributed by atoms with Crippen LogP contribution in [0.3, 0.4) is 0 Å². The highest BCUT2D eigenvalue weighted by molar-refractivity contribution is 6.06. The molecule has 2 aliphatic rings. The first-order chi connectivity index (χ1) is 8.80. The Labute approximate surface area is 115 Å². The zero-order valence-electron chi connectivity index (χ0n) is 12.5. The Morgan fingerprint density at radius 3 is 2.11 bits per heavy atom. The average molecular weight is 266 g/mol. The third-order valence-corrected chi connectivity index (χ3v) is 4.70. The standard InChI is InChI=1S/C15H26N2O2/c1-9(2)7-15(4,8-16)17-13(18)11-5-10(3)6-12(11)14(17)19/h9-12H,5-8,16H2,1-4H3. The third kappa shape index (κ3) is 2.31. The normalized spacial score (nSPS) is 34.0. The molecule has 2 N–H and O–H groups in total. The molecule has 0 aromatic rings. The summed E-state index contributed by atoms with van der Waals surface area (Å²) >= 11 is 0. The Kier molecular flexibility index (Phi) is 3.74. The summed E-state index contributed by atoms with van der Waals surface area (Å²) in [5.74, 6) is 0.773. The maximum atomic E-state index is 12.6. The number of nitrogens with two attached hydrogens (primary N) is 1. The minimum atomic E-state index is -0.518. The Balaban J connectivity index is 2.26. The lowest BCUT2D eigenvalue weighted by Crippen LogP contribution is -2.55. The van der Waals surface area contributed by atoms with Gasteiger partial charge in [-0.25, -0.2) is 0 Å². The van der Waals surface area contributed by atoms with Crippen molar-refractivity contribution in [1.82, 2.24) is 4.90 Å². The number of nitrogens with zero attached hydrogens (tertiary/aromatic N) is 1. The molecule has 1 saturated carbocycles. The quantitative estimate of drug-likeness (QED) is 0.789. The molecule has 1 heterocycles. The van der Waals surface area contributed by atoms with Crippen LogP contribution in [0.15, 0.2) is 0 Å². The van der Waals surface area contributed by atoms with E-state index in [2.05, 4.69) is 20.8 Å². The van der Waals surface area contributed by atoms with Gasteiger partial charge < -0.3 is 5.73 Å². The number of likely N-dealkylation sites (tertiary alicyclic amines) is 1. The maximum absolute atomic E-state index is 12.6. The van der Waals surface area contributed by atoms with Crippen molar-refractivity contribution in [3.63, 3.8) is 0 Å². The van der Waals surface area contributed by atoms with Gasteiger partial charge in [0, 0.05) is 6.54 Å². The van der Waals surface area contributed by atoms with E-state index in [-0.39, 0.29) is 23.7 Å². The Morgan fingerprint density at radius 2 is 1.74 bits per heavy atom. The van der Waals surface area contributed by atoms with Crippen LogP contribution in [-0.4, -0.2) is 28.8 Å². The molecule has 0 spiro atoms. The van der Waals surface area contributed by atoms with E-state index in [4.69, 9.17) is 5.73 Å². The van der Waals surface area contributed by atoms with Crippen LogP contribution in [0.4, 0.5) is 0 Å². The summed E-state index contributed by atoms with van der Waals surface area (Å²) in [6, 6.07) is 0. The molecule has 2 fully saturated rings. The average Bonchev–Trinajstić information content (AvgIpc) is 2.78. The number of rotatable bonds is 4. The van der Waals surface area contributed by atoms with Gasteiger partial charge in [0.2, 0.25) is 11.8 Å². The highest BCUT2D eigenvalue weighted by Crippen LogP contribution is 2.45. The SMILES string of the molecule is CC(C)CC(C)(CN)N1C(=O)C2CC(C)CC2C1=O. The minimum Gasteiger partial charge on any atom is -0.328 e. The van der Waals surface area contributed by atoms with Crippen LogP contribution < -0.4 is 5.73 Å². The summed E-state index contributed by atoms with van der Waals surface area (Å²) < 4.78 is 0.